The van der Waals surface area contributed by atoms with Crippen LogP contribution in [0.3, 0.4) is 0 Å². The van der Waals surface area contributed by atoms with Crippen LogP contribution < -0.4 is 77.2 Å². The van der Waals surface area contributed by atoms with E-state index in [1.807, 2.05) is 32.9 Å². The molecule has 0 radical (unpaired) electrons. The van der Waals surface area contributed by atoms with Crippen LogP contribution in [0.2, 0.25) is 20.1 Å². The molecule has 37 heteroatoms. The summed E-state index contributed by atoms with van der Waals surface area (Å²) < 4.78 is 47.0. The number of hydrogen-bond donors (Lipinski definition) is 10. The van der Waals surface area contributed by atoms with E-state index in [0.29, 0.717) is 148 Å². The number of nitrogens with two attached hydrogens (primary N) is 1. The van der Waals surface area contributed by atoms with Gasteiger partial charge in [-0.05, 0) is 284 Å². The molecular weight excluding hydrogens is 1780 g/mol. The number of likely N-dealkylation sites (tertiary alicyclic amines) is 3. The number of aliphatic imine (C=N–C) groups is 1. The van der Waals surface area contributed by atoms with Crippen molar-refractivity contribution in [2.45, 2.75) is 163 Å². The number of carboxylic acids is 2. The Hall–Kier alpha value is -10.4. The number of amides is 8. The first kappa shape index (κ1) is 105. The molecule has 8 aromatic rings. The third-order valence-electron chi connectivity index (χ3n) is 21.7. The maximum Gasteiger partial charge on any atom is 1.00 e. The number of nitrogens with one attached hydrogen (secondary N) is 7. The summed E-state index contributed by atoms with van der Waals surface area (Å²) in [5, 5.41) is 63.8. The Morgan fingerprint density at radius 1 is 0.555 bits per heavy atom. The second kappa shape index (κ2) is 50.5. The molecule has 28 nitrogen and oxygen atoms in total. The van der Waals surface area contributed by atoms with Gasteiger partial charge >= 0.3 is 59.6 Å². The van der Waals surface area contributed by atoms with Crippen molar-refractivity contribution in [1.82, 2.24) is 24.7 Å². The van der Waals surface area contributed by atoms with Crippen LogP contribution in [-0.4, -0.2) is 139 Å². The Kier molecular flexibility index (Phi) is 41.3. The van der Waals surface area contributed by atoms with Crippen molar-refractivity contribution in [1.29, 1.82) is 10.5 Å². The standard InChI is InChI=1S/C35H39ClFN5O3S.C31H31ClFN5O2.C12H13ClN2O3.C7H4ClNO.C5H9NO2.CH2O3.ClH.Na/c1-34(2,3)46(45)41-35(18-17-23-9-10-23,25-7-4-6-24(20-25)22-38)26-11-16-29(37)30(21-26)40-32(43)31-8-5-19-42(31)33(44)39-28-14-12-27(36)13-15-28;32-24-9-11-25(12-10-24)36-30(40)38-16-2-5-28(38)29(39)37-27-18-23(8-13-26(27)33)31(35,15-14-20-6-7-20)22-4-1-3-21(17-22)19-34;13-8-3-5-9(6-4-8)14-12(18)15-7-1-2-10(15)11(16)17;8-6-1-3-7(4-2-6)9-5-10;7-5(8)4-2-1-3-6-4;2-1-4-3;;/h4,6-7,11-16,20-21,23,31,41H,5,8-10,17-19H2,1-3H3,(H,39,44)(H,40,43);1,3-4,8-13,17-18,20,28H,2,5-7,14-16,35H2,(H,36,40)(H,37,39);3-6,10H,1-2,7H2,(H,14,18)(H,16,17);1-4H;4,6H,1-3H2,(H,7,8);1,3H;1H;/q;;;;;;;+1/p-1/t31-,35?,46+;28-,31?;10-;;4-;;;/m000.0.../s1. The van der Waals surface area contributed by atoms with E-state index < -0.39 is 92.4 Å². The van der Waals surface area contributed by atoms with Crippen molar-refractivity contribution in [3.8, 4) is 12.1 Å². The zero-order valence-corrected chi connectivity index (χ0v) is 77.3. The van der Waals surface area contributed by atoms with E-state index >= 15 is 8.78 Å². The summed E-state index contributed by atoms with van der Waals surface area (Å²) in [5.74, 6) is -2.72. The van der Waals surface area contributed by atoms with Gasteiger partial charge in [0.15, 0.2) is 0 Å². The predicted octanol–water partition coefficient (Wildman–Crippen LogP) is 14.3. The van der Waals surface area contributed by atoms with Gasteiger partial charge in [0.05, 0.1) is 67.1 Å². The van der Waals surface area contributed by atoms with Crippen molar-refractivity contribution in [3.05, 3.63) is 247 Å². The third-order valence-corrected chi connectivity index (χ3v) is 24.3. The summed E-state index contributed by atoms with van der Waals surface area (Å²) in [7, 11) is -1.54. The molecule has 8 aromatic carbocycles. The number of anilines is 5. The average molecular weight is 1880 g/mol. The third kappa shape index (κ3) is 30.9. The minimum atomic E-state index is -1.54. The first-order valence-corrected chi connectivity index (χ1v) is 43.4. The maximum absolute atomic E-state index is 15.4. The van der Waals surface area contributed by atoms with Gasteiger partial charge < -0.3 is 72.7 Å². The van der Waals surface area contributed by atoms with E-state index in [9.17, 15) is 53.1 Å². The van der Waals surface area contributed by atoms with E-state index in [4.69, 9.17) is 72.4 Å². The van der Waals surface area contributed by atoms with Gasteiger partial charge in [0, 0.05) is 56.8 Å². The minimum absolute atomic E-state index is 0. The predicted molar refractivity (Wildman–Crippen MR) is 484 cm³/mol. The second-order valence-electron chi connectivity index (χ2n) is 31.6. The Labute approximate surface area is 791 Å². The van der Waals surface area contributed by atoms with E-state index in [0.717, 1.165) is 56.2 Å². The van der Waals surface area contributed by atoms with Crippen LogP contribution in [0.4, 0.5) is 57.3 Å². The average Bonchev–Trinajstić information content (AvgIpc) is 1.00. The molecule has 2 unspecified atom stereocenters. The molecule has 0 bridgehead atoms. The topological polar surface area (TPSA) is 423 Å². The summed E-state index contributed by atoms with van der Waals surface area (Å²) in [5.41, 5.74) is 11.0. The number of nitriles is 2. The number of aliphatic carboxylic acids is 2. The largest absolute Gasteiger partial charge is 1.00 e. The summed E-state index contributed by atoms with van der Waals surface area (Å²) >= 11 is 23.2. The molecule has 4 heterocycles. The molecule has 4 aliphatic heterocycles. The van der Waals surface area contributed by atoms with Gasteiger partial charge in [0.2, 0.25) is 17.9 Å². The Morgan fingerprint density at radius 2 is 0.938 bits per heavy atom. The molecule has 6 fully saturated rings. The quantitative estimate of drug-likeness (QED) is 0.00710. The van der Waals surface area contributed by atoms with Gasteiger partial charge in [0.25, 0.3) is 6.47 Å². The zero-order valence-electron chi connectivity index (χ0n) is 70.6. The van der Waals surface area contributed by atoms with Crippen molar-refractivity contribution >= 4 is 158 Å². The summed E-state index contributed by atoms with van der Waals surface area (Å²) in [6.07, 6.45) is 14.1. The summed E-state index contributed by atoms with van der Waals surface area (Å²) in [6.45, 7) is 7.55. The summed E-state index contributed by atoms with van der Waals surface area (Å²) in [4.78, 5) is 115. The van der Waals surface area contributed by atoms with Gasteiger partial charge in [0.1, 0.15) is 35.8 Å². The fourth-order valence-electron chi connectivity index (χ4n) is 14.5. The van der Waals surface area contributed by atoms with Crippen LogP contribution in [0.1, 0.15) is 157 Å². The number of carbonyl (C=O) groups excluding carboxylic acids is 7. The fraction of sp³-hybridized carbons (Fsp3) is 0.352. The first-order chi connectivity index (χ1) is 60.3. The van der Waals surface area contributed by atoms with Gasteiger partial charge in [-0.3, -0.25) is 19.2 Å². The molecule has 14 rings (SSSR count). The molecular formula is C91H98Cl5F2N14NaO14S. The van der Waals surface area contributed by atoms with Crippen molar-refractivity contribution in [3.63, 3.8) is 0 Å². The molecule has 11 N–H and O–H groups in total. The molecule has 2 aliphatic carbocycles. The van der Waals surface area contributed by atoms with Crippen molar-refractivity contribution in [2.75, 3.05) is 52.8 Å². The van der Waals surface area contributed by atoms with Crippen LogP contribution in [0.15, 0.2) is 187 Å². The zero-order chi connectivity index (χ0) is 91.3. The molecule has 7 atom stereocenters. The van der Waals surface area contributed by atoms with Gasteiger partial charge in [-0.1, -0.05) is 108 Å². The molecule has 4 saturated heterocycles. The Bertz CT molecular complexity index is 5300. The van der Waals surface area contributed by atoms with Gasteiger partial charge in [-0.2, -0.15) is 15.5 Å². The molecule has 672 valence electrons. The van der Waals surface area contributed by atoms with E-state index in [1.54, 1.807) is 158 Å². The maximum atomic E-state index is 15.4. The summed E-state index contributed by atoms with van der Waals surface area (Å²) in [6, 6.07) is 50.6. The number of carboxylic acid groups (broad SMARTS) is 2. The van der Waals surface area contributed by atoms with Crippen molar-refractivity contribution in [2.24, 2.45) is 22.6 Å². The number of isocyanates is 1. The van der Waals surface area contributed by atoms with Gasteiger partial charge in [-0.15, -0.1) is 12.4 Å². The Morgan fingerprint density at radius 3 is 1.32 bits per heavy atom. The molecule has 128 heavy (non-hydrogen) atoms. The Balaban J connectivity index is 0.000000244. The normalized spacial score (nSPS) is 17.5. The first-order valence-electron chi connectivity index (χ1n) is 40.7. The van der Waals surface area contributed by atoms with E-state index in [-0.39, 0.29) is 71.9 Å². The molecule has 0 spiro atoms. The SMILES string of the molecule is CC(C)(C)[S@@](=O)NC(CCC1CC1)(c1cccc(C#N)c1)c1ccc(F)c(NC(=O)[C@@H]2CCCN2C(=O)Nc2ccc(Cl)cc2)c1.Cl.N#Cc1cccc(C(N)(CCC2CC2)c2ccc(F)c(NC(=O)[C@@H]3CCCN3C(=O)Nc3ccc(Cl)cc3)c2)c1.O=C(O)[C@@H]1CCCN1.O=C(O)[C@@H]1CCCN1C(=O)Nc1ccc(Cl)cc1.O=C=Nc1ccc(Cl)cc1.O=CO[O-].[Na+]. The van der Waals surface area contributed by atoms with E-state index in [2.05, 4.69) is 58.6 Å². The second-order valence-corrected chi connectivity index (χ2v) is 35.4. The van der Waals surface area contributed by atoms with Gasteiger partial charge in [-0.25, -0.2) is 41.7 Å². The van der Waals surface area contributed by atoms with Crippen LogP contribution in [0, 0.1) is 46.1 Å². The monoisotopic (exact) mass is 1880 g/mol. The molecule has 0 aromatic heterocycles. The molecule has 2 saturated carbocycles. The minimum Gasteiger partial charge on any atom is -0.662 e. The molecule has 8 amide bonds. The number of benzene rings is 8. The smallest absolute Gasteiger partial charge is 0.662 e. The van der Waals surface area contributed by atoms with Crippen LogP contribution in [0.5, 0.6) is 0 Å². The van der Waals surface area contributed by atoms with Crippen molar-refractivity contribution < 1.29 is 106 Å². The number of nitrogens with zero attached hydrogens (tertiary/aromatic N) is 6. The fourth-order valence-corrected chi connectivity index (χ4v) is 15.9. The van der Waals surface area contributed by atoms with Crippen LogP contribution in [0.25, 0.3) is 0 Å². The van der Waals surface area contributed by atoms with E-state index in [1.165, 1.54) is 45.8 Å². The van der Waals surface area contributed by atoms with Crippen LogP contribution in [-0.2, 0) is 55.7 Å². The number of rotatable bonds is 23. The molecule has 6 aliphatic rings. The van der Waals surface area contributed by atoms with Crippen LogP contribution >= 0.6 is 58.8 Å². The number of hydrogen-bond acceptors (Lipinski definition) is 17. The number of urea groups is 3. The number of carbonyl (C=O) groups is 8. The number of halogens is 7.